The van der Waals surface area contributed by atoms with Gasteiger partial charge in [-0.25, -0.2) is 0 Å². The van der Waals surface area contributed by atoms with Crippen molar-refractivity contribution >= 4 is 29.9 Å². The highest BCUT2D eigenvalue weighted by Gasteiger charge is 2.38. The van der Waals surface area contributed by atoms with E-state index in [0.717, 1.165) is 31.6 Å². The number of rotatable bonds is 5. The lowest BCUT2D eigenvalue weighted by Crippen LogP contribution is -2.46. The van der Waals surface area contributed by atoms with E-state index in [1.807, 2.05) is 43.1 Å². The van der Waals surface area contributed by atoms with Gasteiger partial charge < -0.3 is 19.9 Å². The molecule has 1 unspecified atom stereocenters. The molecule has 3 rings (SSSR count). The molecule has 26 heavy (non-hydrogen) atoms. The molecule has 7 heteroatoms. The number of benzene rings is 1. The number of ether oxygens (including phenoxy) is 1. The van der Waals surface area contributed by atoms with Crippen LogP contribution in [-0.4, -0.2) is 56.0 Å². The summed E-state index contributed by atoms with van der Waals surface area (Å²) in [5, 5.41) is 3.32. The smallest absolute Gasteiger partial charge is 0.228 e. The van der Waals surface area contributed by atoms with Crippen LogP contribution in [0.25, 0.3) is 0 Å². The number of nitrogens with one attached hydrogen (secondary N) is 1. The minimum atomic E-state index is -0.276. The summed E-state index contributed by atoms with van der Waals surface area (Å²) in [4.78, 5) is 29.0. The molecule has 0 aliphatic carbocycles. The zero-order valence-electron chi connectivity index (χ0n) is 15.4. The molecule has 0 saturated carbocycles. The van der Waals surface area contributed by atoms with Gasteiger partial charge in [-0.15, -0.1) is 12.4 Å². The fraction of sp³-hybridized carbons (Fsp3) is 0.579. The number of halogens is 1. The summed E-state index contributed by atoms with van der Waals surface area (Å²) in [5.74, 6) is 0.487. The molecule has 0 spiro atoms. The monoisotopic (exact) mass is 381 g/mol. The fourth-order valence-electron chi connectivity index (χ4n) is 3.73. The first kappa shape index (κ1) is 20.5. The summed E-state index contributed by atoms with van der Waals surface area (Å²) in [6.07, 6.45) is 2.22. The van der Waals surface area contributed by atoms with Crippen LogP contribution in [0, 0.1) is 5.92 Å². The van der Waals surface area contributed by atoms with Crippen LogP contribution >= 0.6 is 12.4 Å². The van der Waals surface area contributed by atoms with Gasteiger partial charge in [0.2, 0.25) is 11.8 Å². The van der Waals surface area contributed by atoms with E-state index in [0.29, 0.717) is 18.9 Å². The number of carbonyl (C=O) groups excluding carboxylic acids is 2. The lowest BCUT2D eigenvalue weighted by Gasteiger charge is -2.33. The first-order valence-corrected chi connectivity index (χ1v) is 9.11. The second kappa shape index (κ2) is 9.24. The van der Waals surface area contributed by atoms with Gasteiger partial charge in [0.25, 0.3) is 0 Å². The van der Waals surface area contributed by atoms with Crippen LogP contribution < -0.4 is 15.0 Å². The summed E-state index contributed by atoms with van der Waals surface area (Å²) >= 11 is 0. The maximum atomic E-state index is 12.9. The van der Waals surface area contributed by atoms with Gasteiger partial charge >= 0.3 is 0 Å². The number of hydrogen-bond acceptors (Lipinski definition) is 4. The zero-order chi connectivity index (χ0) is 17.8. The van der Waals surface area contributed by atoms with E-state index >= 15 is 0 Å². The van der Waals surface area contributed by atoms with Crippen molar-refractivity contribution in [1.82, 2.24) is 10.2 Å². The standard InChI is InChI=1S/C19H27N3O3.ClH/c1-3-25-17-7-5-4-6-16(17)22-13-14(12-18(22)23)19(24)21(2)15-8-10-20-11-9-15;/h4-7,14-15,20H,3,8-13H2,1-2H3;1H. The number of piperidine rings is 1. The molecule has 1 N–H and O–H groups in total. The molecule has 1 atom stereocenters. The van der Waals surface area contributed by atoms with E-state index in [1.165, 1.54) is 0 Å². The first-order valence-electron chi connectivity index (χ1n) is 9.11. The van der Waals surface area contributed by atoms with Crippen LogP contribution in [0.5, 0.6) is 5.75 Å². The molecule has 6 nitrogen and oxygen atoms in total. The van der Waals surface area contributed by atoms with Gasteiger partial charge in [0, 0.05) is 26.1 Å². The zero-order valence-corrected chi connectivity index (χ0v) is 16.3. The minimum absolute atomic E-state index is 0. The topological polar surface area (TPSA) is 61.9 Å². The Hall–Kier alpha value is -1.79. The lowest BCUT2D eigenvalue weighted by molar-refractivity contribution is -0.137. The Bertz CT molecular complexity index is 634. The second-order valence-electron chi connectivity index (χ2n) is 6.74. The summed E-state index contributed by atoms with van der Waals surface area (Å²) in [6.45, 7) is 4.78. The maximum absolute atomic E-state index is 12.9. The van der Waals surface area contributed by atoms with Gasteiger partial charge in [-0.3, -0.25) is 9.59 Å². The summed E-state index contributed by atoms with van der Waals surface area (Å²) < 4.78 is 5.64. The number of para-hydroxylation sites is 2. The Morgan fingerprint density at radius 2 is 2.00 bits per heavy atom. The Morgan fingerprint density at radius 3 is 2.69 bits per heavy atom. The minimum Gasteiger partial charge on any atom is -0.492 e. The van der Waals surface area contributed by atoms with Crippen LogP contribution in [0.1, 0.15) is 26.2 Å². The molecule has 2 saturated heterocycles. The molecular weight excluding hydrogens is 354 g/mol. The second-order valence-corrected chi connectivity index (χ2v) is 6.74. The number of carbonyl (C=O) groups is 2. The third kappa shape index (κ3) is 4.30. The molecule has 2 aliphatic heterocycles. The lowest BCUT2D eigenvalue weighted by atomic mass is 10.0. The van der Waals surface area contributed by atoms with Crippen LogP contribution in [-0.2, 0) is 9.59 Å². The van der Waals surface area contributed by atoms with E-state index in [4.69, 9.17) is 4.74 Å². The summed E-state index contributed by atoms with van der Waals surface area (Å²) in [5.41, 5.74) is 0.758. The van der Waals surface area contributed by atoms with Crippen LogP contribution in [0.15, 0.2) is 24.3 Å². The van der Waals surface area contributed by atoms with E-state index in [2.05, 4.69) is 5.32 Å². The highest BCUT2D eigenvalue weighted by atomic mass is 35.5. The van der Waals surface area contributed by atoms with Gasteiger partial charge in [-0.05, 0) is 45.0 Å². The highest BCUT2D eigenvalue weighted by Crippen LogP contribution is 2.33. The van der Waals surface area contributed by atoms with E-state index in [1.54, 1.807) is 4.90 Å². The van der Waals surface area contributed by atoms with Crippen molar-refractivity contribution in [3.05, 3.63) is 24.3 Å². The van der Waals surface area contributed by atoms with Gasteiger partial charge in [0.1, 0.15) is 5.75 Å². The molecule has 1 aromatic rings. The van der Waals surface area contributed by atoms with Crippen LogP contribution in [0.2, 0.25) is 0 Å². The molecule has 144 valence electrons. The number of anilines is 1. The average Bonchev–Trinajstić information content (AvgIpc) is 3.03. The number of amides is 2. The van der Waals surface area contributed by atoms with Crippen molar-refractivity contribution in [3.8, 4) is 5.75 Å². The van der Waals surface area contributed by atoms with Crippen molar-refractivity contribution in [1.29, 1.82) is 0 Å². The molecule has 2 heterocycles. The van der Waals surface area contributed by atoms with E-state index in [9.17, 15) is 9.59 Å². The molecule has 2 aliphatic rings. The van der Waals surface area contributed by atoms with Crippen molar-refractivity contribution in [2.75, 3.05) is 38.2 Å². The predicted octanol–water partition coefficient (Wildman–Crippen LogP) is 2.07. The van der Waals surface area contributed by atoms with Crippen molar-refractivity contribution in [2.45, 2.75) is 32.2 Å². The summed E-state index contributed by atoms with van der Waals surface area (Å²) in [7, 11) is 1.87. The Balaban J connectivity index is 0.00000243. The van der Waals surface area contributed by atoms with Gasteiger partial charge in [-0.1, -0.05) is 12.1 Å². The van der Waals surface area contributed by atoms with Crippen molar-refractivity contribution in [3.63, 3.8) is 0 Å². The van der Waals surface area contributed by atoms with Gasteiger partial charge in [-0.2, -0.15) is 0 Å². The number of nitrogens with zero attached hydrogens (tertiary/aromatic N) is 2. The van der Waals surface area contributed by atoms with E-state index < -0.39 is 0 Å². The molecular formula is C19H28ClN3O3. The normalized spacial score (nSPS) is 20.6. The van der Waals surface area contributed by atoms with Crippen LogP contribution in [0.3, 0.4) is 0 Å². The molecule has 2 amide bonds. The maximum Gasteiger partial charge on any atom is 0.228 e. The van der Waals surface area contributed by atoms with Crippen molar-refractivity contribution < 1.29 is 14.3 Å². The molecule has 0 radical (unpaired) electrons. The first-order chi connectivity index (χ1) is 12.1. The van der Waals surface area contributed by atoms with E-state index in [-0.39, 0.29) is 42.6 Å². The Kier molecular flexibility index (Phi) is 7.29. The quantitative estimate of drug-likeness (QED) is 0.848. The molecule has 1 aromatic carbocycles. The third-order valence-corrected chi connectivity index (χ3v) is 5.13. The molecule has 2 fully saturated rings. The number of hydrogen-bond donors (Lipinski definition) is 1. The molecule has 0 bridgehead atoms. The SMILES string of the molecule is CCOc1ccccc1N1CC(C(=O)N(C)C2CCNCC2)CC1=O.Cl. The highest BCUT2D eigenvalue weighted by molar-refractivity contribution is 6.01. The average molecular weight is 382 g/mol. The fourth-order valence-corrected chi connectivity index (χ4v) is 3.73. The summed E-state index contributed by atoms with van der Waals surface area (Å²) in [6, 6.07) is 7.80. The van der Waals surface area contributed by atoms with Gasteiger partial charge in [0.15, 0.2) is 0 Å². The van der Waals surface area contributed by atoms with Crippen LogP contribution in [0.4, 0.5) is 5.69 Å². The molecule has 0 aromatic heterocycles. The van der Waals surface area contributed by atoms with Crippen molar-refractivity contribution in [2.24, 2.45) is 5.92 Å². The van der Waals surface area contributed by atoms with Gasteiger partial charge in [0.05, 0.1) is 18.2 Å². The Labute approximate surface area is 161 Å². The predicted molar refractivity (Wildman–Crippen MR) is 104 cm³/mol. The third-order valence-electron chi connectivity index (χ3n) is 5.13. The largest absolute Gasteiger partial charge is 0.492 e. The Morgan fingerprint density at radius 1 is 1.31 bits per heavy atom.